The maximum absolute atomic E-state index is 6.23. The summed E-state index contributed by atoms with van der Waals surface area (Å²) in [5, 5.41) is 0. The number of hydrogen-bond donors (Lipinski definition) is 1. The van der Waals surface area contributed by atoms with Gasteiger partial charge in [-0.15, -0.1) is 0 Å². The Labute approximate surface area is 112 Å². The Balaban J connectivity index is 1.91. The SMILES string of the molecule is NC(c1ccc2c(c1)OCCCO2)c1ccccn1. The Bertz CT molecular complexity index is 557. The first-order valence-electron chi connectivity index (χ1n) is 6.40. The van der Waals surface area contributed by atoms with Gasteiger partial charge in [0, 0.05) is 12.6 Å². The summed E-state index contributed by atoms with van der Waals surface area (Å²) in [6.07, 6.45) is 2.65. The van der Waals surface area contributed by atoms with E-state index in [0.717, 1.165) is 29.2 Å². The molecule has 0 bridgehead atoms. The summed E-state index contributed by atoms with van der Waals surface area (Å²) >= 11 is 0. The molecule has 98 valence electrons. The fraction of sp³-hybridized carbons (Fsp3) is 0.267. The summed E-state index contributed by atoms with van der Waals surface area (Å²) in [6.45, 7) is 1.37. The summed E-state index contributed by atoms with van der Waals surface area (Å²) in [6, 6.07) is 11.3. The van der Waals surface area contributed by atoms with Crippen LogP contribution < -0.4 is 15.2 Å². The Hall–Kier alpha value is -2.07. The van der Waals surface area contributed by atoms with Gasteiger partial charge >= 0.3 is 0 Å². The number of pyridine rings is 1. The van der Waals surface area contributed by atoms with Crippen LogP contribution in [0.15, 0.2) is 42.6 Å². The summed E-state index contributed by atoms with van der Waals surface area (Å²) < 4.78 is 11.3. The zero-order valence-corrected chi connectivity index (χ0v) is 10.6. The molecule has 1 unspecified atom stereocenters. The van der Waals surface area contributed by atoms with E-state index in [2.05, 4.69) is 4.98 Å². The van der Waals surface area contributed by atoms with Crippen LogP contribution in [-0.4, -0.2) is 18.2 Å². The van der Waals surface area contributed by atoms with Gasteiger partial charge in [0.25, 0.3) is 0 Å². The maximum Gasteiger partial charge on any atom is 0.161 e. The van der Waals surface area contributed by atoms with Gasteiger partial charge in [-0.25, -0.2) is 0 Å². The van der Waals surface area contributed by atoms with E-state index >= 15 is 0 Å². The quantitative estimate of drug-likeness (QED) is 0.895. The molecule has 1 aromatic carbocycles. The predicted molar refractivity (Wildman–Crippen MR) is 72.3 cm³/mol. The molecule has 0 radical (unpaired) electrons. The number of nitrogens with zero attached hydrogens (tertiary/aromatic N) is 1. The monoisotopic (exact) mass is 256 g/mol. The fourth-order valence-electron chi connectivity index (χ4n) is 2.10. The van der Waals surface area contributed by atoms with Gasteiger partial charge < -0.3 is 15.2 Å². The van der Waals surface area contributed by atoms with Crippen LogP contribution in [0.5, 0.6) is 11.5 Å². The normalized spacial score (nSPS) is 15.6. The van der Waals surface area contributed by atoms with Crippen molar-refractivity contribution in [2.45, 2.75) is 12.5 Å². The van der Waals surface area contributed by atoms with E-state index < -0.39 is 0 Å². The van der Waals surface area contributed by atoms with Crippen molar-refractivity contribution in [3.8, 4) is 11.5 Å². The second-order valence-corrected chi connectivity index (χ2v) is 4.49. The van der Waals surface area contributed by atoms with Crippen LogP contribution in [0.3, 0.4) is 0 Å². The van der Waals surface area contributed by atoms with Gasteiger partial charge in [-0.05, 0) is 29.8 Å². The summed E-state index contributed by atoms with van der Waals surface area (Å²) in [5.74, 6) is 1.55. The first kappa shape index (κ1) is 12.0. The predicted octanol–water partition coefficient (Wildman–Crippen LogP) is 2.29. The molecule has 1 aromatic heterocycles. The van der Waals surface area contributed by atoms with Crippen molar-refractivity contribution in [2.24, 2.45) is 5.73 Å². The van der Waals surface area contributed by atoms with E-state index in [-0.39, 0.29) is 6.04 Å². The number of ether oxygens (including phenoxy) is 2. The molecule has 0 saturated heterocycles. The number of aromatic nitrogens is 1. The van der Waals surface area contributed by atoms with E-state index in [1.807, 2.05) is 36.4 Å². The highest BCUT2D eigenvalue weighted by Gasteiger charge is 2.15. The molecular formula is C15H16N2O2. The van der Waals surface area contributed by atoms with Crippen molar-refractivity contribution in [3.05, 3.63) is 53.9 Å². The molecule has 0 saturated carbocycles. The van der Waals surface area contributed by atoms with Crippen LogP contribution >= 0.6 is 0 Å². The highest BCUT2D eigenvalue weighted by Crippen LogP contribution is 2.32. The smallest absolute Gasteiger partial charge is 0.161 e. The van der Waals surface area contributed by atoms with Crippen LogP contribution in [0.2, 0.25) is 0 Å². The molecule has 4 heteroatoms. The van der Waals surface area contributed by atoms with Crippen molar-refractivity contribution < 1.29 is 9.47 Å². The number of fused-ring (bicyclic) bond motifs is 1. The molecule has 3 rings (SSSR count). The lowest BCUT2D eigenvalue weighted by Gasteiger charge is -2.14. The van der Waals surface area contributed by atoms with Crippen molar-refractivity contribution in [2.75, 3.05) is 13.2 Å². The van der Waals surface area contributed by atoms with Crippen LogP contribution in [0, 0.1) is 0 Å². The third-order valence-electron chi connectivity index (χ3n) is 3.14. The molecule has 1 atom stereocenters. The van der Waals surface area contributed by atoms with Crippen molar-refractivity contribution in [3.63, 3.8) is 0 Å². The average molecular weight is 256 g/mol. The van der Waals surface area contributed by atoms with Gasteiger partial charge in [0.1, 0.15) is 0 Å². The number of benzene rings is 1. The maximum atomic E-state index is 6.23. The second-order valence-electron chi connectivity index (χ2n) is 4.49. The van der Waals surface area contributed by atoms with Crippen LogP contribution in [0.4, 0.5) is 0 Å². The molecule has 0 amide bonds. The summed E-state index contributed by atoms with van der Waals surface area (Å²) in [7, 11) is 0. The van der Waals surface area contributed by atoms with Crippen molar-refractivity contribution in [1.29, 1.82) is 0 Å². The van der Waals surface area contributed by atoms with E-state index in [0.29, 0.717) is 13.2 Å². The van der Waals surface area contributed by atoms with Gasteiger partial charge in [-0.3, -0.25) is 4.98 Å². The topological polar surface area (TPSA) is 57.4 Å². The molecule has 4 nitrogen and oxygen atoms in total. The van der Waals surface area contributed by atoms with Gasteiger partial charge in [0.2, 0.25) is 0 Å². The van der Waals surface area contributed by atoms with Gasteiger partial charge in [0.05, 0.1) is 24.9 Å². The molecule has 2 aromatic rings. The number of nitrogens with two attached hydrogens (primary N) is 1. The molecular weight excluding hydrogens is 240 g/mol. The van der Waals surface area contributed by atoms with Gasteiger partial charge in [-0.1, -0.05) is 12.1 Å². The standard InChI is InChI=1S/C15H16N2O2/c16-15(12-4-1-2-7-17-12)11-5-6-13-14(10-11)19-9-3-8-18-13/h1-2,4-7,10,15H,3,8-9,16H2. The molecule has 0 aliphatic carbocycles. The number of rotatable bonds is 2. The summed E-state index contributed by atoms with van der Waals surface area (Å²) in [5.41, 5.74) is 8.05. The Morgan fingerprint density at radius 3 is 2.68 bits per heavy atom. The van der Waals surface area contributed by atoms with E-state index in [1.54, 1.807) is 6.20 Å². The lowest BCUT2D eigenvalue weighted by Crippen LogP contribution is -2.13. The lowest BCUT2D eigenvalue weighted by atomic mass is 10.0. The van der Waals surface area contributed by atoms with Crippen LogP contribution in [0.25, 0.3) is 0 Å². The minimum atomic E-state index is -0.252. The lowest BCUT2D eigenvalue weighted by molar-refractivity contribution is 0.297. The van der Waals surface area contributed by atoms with Crippen molar-refractivity contribution >= 4 is 0 Å². The van der Waals surface area contributed by atoms with E-state index in [9.17, 15) is 0 Å². The molecule has 2 N–H and O–H groups in total. The third-order valence-corrected chi connectivity index (χ3v) is 3.14. The van der Waals surface area contributed by atoms with Crippen molar-refractivity contribution in [1.82, 2.24) is 4.98 Å². The van der Waals surface area contributed by atoms with E-state index in [1.165, 1.54) is 0 Å². The second kappa shape index (κ2) is 5.28. The highest BCUT2D eigenvalue weighted by molar-refractivity contribution is 5.45. The zero-order valence-electron chi connectivity index (χ0n) is 10.6. The van der Waals surface area contributed by atoms with Gasteiger partial charge in [-0.2, -0.15) is 0 Å². The Kier molecular flexibility index (Phi) is 3.33. The van der Waals surface area contributed by atoms with Gasteiger partial charge in [0.15, 0.2) is 11.5 Å². The molecule has 1 aliphatic rings. The highest BCUT2D eigenvalue weighted by atomic mass is 16.5. The number of hydrogen-bond acceptors (Lipinski definition) is 4. The van der Waals surface area contributed by atoms with Crippen LogP contribution in [0.1, 0.15) is 23.7 Å². The molecule has 1 aliphatic heterocycles. The first-order valence-corrected chi connectivity index (χ1v) is 6.40. The Morgan fingerprint density at radius 2 is 1.89 bits per heavy atom. The summed E-state index contributed by atoms with van der Waals surface area (Å²) in [4.78, 5) is 4.29. The van der Waals surface area contributed by atoms with Crippen LogP contribution in [-0.2, 0) is 0 Å². The fourth-order valence-corrected chi connectivity index (χ4v) is 2.10. The average Bonchev–Trinajstić information content (AvgIpc) is 2.72. The molecule has 0 fully saturated rings. The Morgan fingerprint density at radius 1 is 1.05 bits per heavy atom. The zero-order chi connectivity index (χ0) is 13.1. The minimum Gasteiger partial charge on any atom is -0.490 e. The first-order chi connectivity index (χ1) is 9.34. The molecule has 19 heavy (non-hydrogen) atoms. The molecule has 0 spiro atoms. The van der Waals surface area contributed by atoms with E-state index in [4.69, 9.17) is 15.2 Å². The molecule has 2 heterocycles. The third kappa shape index (κ3) is 2.53. The largest absolute Gasteiger partial charge is 0.490 e. The minimum absolute atomic E-state index is 0.252.